The van der Waals surface area contributed by atoms with E-state index in [0.29, 0.717) is 27.2 Å². The fraction of sp³-hybridized carbons (Fsp3) is 0.192. The van der Waals surface area contributed by atoms with Crippen molar-refractivity contribution in [3.8, 4) is 11.1 Å². The molecule has 0 aliphatic heterocycles. The number of ether oxygens (including phenoxy) is 1. The summed E-state index contributed by atoms with van der Waals surface area (Å²) in [5, 5.41) is 12.8. The molecule has 6 nitrogen and oxygen atoms in total. The van der Waals surface area contributed by atoms with Crippen molar-refractivity contribution in [2.45, 2.75) is 27.3 Å². The molecule has 2 aromatic heterocycles. The van der Waals surface area contributed by atoms with E-state index in [9.17, 15) is 4.79 Å². The van der Waals surface area contributed by atoms with Crippen LogP contribution in [0.2, 0.25) is 5.02 Å². The minimum atomic E-state index is -0.415. The van der Waals surface area contributed by atoms with Crippen molar-refractivity contribution in [2.24, 2.45) is 0 Å². The average Bonchev–Trinajstić information content (AvgIpc) is 3.30. The smallest absolute Gasteiger partial charge is 0.341 e. The summed E-state index contributed by atoms with van der Waals surface area (Å²) in [5.74, 6) is -0.415. The van der Waals surface area contributed by atoms with E-state index < -0.39 is 5.97 Å². The molecule has 4 aromatic rings. The summed E-state index contributed by atoms with van der Waals surface area (Å²) in [6.45, 7) is 6.52. The van der Waals surface area contributed by atoms with E-state index in [1.54, 1.807) is 0 Å². The second-order valence-electron chi connectivity index (χ2n) is 8.00. The number of nitrogens with one attached hydrogen (secondary N) is 2. The number of carbonyl (C=O) groups excluding carboxylic acids is 1. The van der Waals surface area contributed by atoms with Crippen molar-refractivity contribution < 1.29 is 9.53 Å². The number of carbonyl (C=O) groups is 1. The number of hydrogen-bond donors (Lipinski definition) is 2. The molecule has 35 heavy (non-hydrogen) atoms. The molecule has 0 fully saturated rings. The van der Waals surface area contributed by atoms with Crippen LogP contribution in [0.5, 0.6) is 0 Å². The van der Waals surface area contributed by atoms with Gasteiger partial charge in [-0.2, -0.15) is 5.10 Å². The van der Waals surface area contributed by atoms with Gasteiger partial charge in [0.25, 0.3) is 0 Å². The van der Waals surface area contributed by atoms with E-state index in [2.05, 4.69) is 15.7 Å². The fourth-order valence-electron chi connectivity index (χ4n) is 3.92. The maximum atomic E-state index is 12.7. The van der Waals surface area contributed by atoms with E-state index in [0.717, 1.165) is 38.6 Å². The first-order chi connectivity index (χ1) is 16.8. The molecule has 0 unspecified atom stereocenters. The van der Waals surface area contributed by atoms with Crippen LogP contribution in [0.15, 0.2) is 54.6 Å². The Morgan fingerprint density at radius 1 is 1.09 bits per heavy atom. The third kappa shape index (κ3) is 5.40. The number of hydrogen-bond acceptors (Lipinski definition) is 5. The van der Waals surface area contributed by atoms with Crippen molar-refractivity contribution in [1.29, 1.82) is 0 Å². The lowest BCUT2D eigenvalue weighted by Gasteiger charge is -2.12. The van der Waals surface area contributed by atoms with Crippen LogP contribution < -0.4 is 10.6 Å². The van der Waals surface area contributed by atoms with Gasteiger partial charge in [0.2, 0.25) is 0 Å². The normalized spacial score (nSPS) is 10.8. The molecule has 9 heteroatoms. The minimum Gasteiger partial charge on any atom is -0.465 e. The van der Waals surface area contributed by atoms with Gasteiger partial charge >= 0.3 is 5.97 Å². The molecule has 0 aliphatic rings. The highest BCUT2D eigenvalue weighted by Crippen LogP contribution is 2.40. The topological polar surface area (TPSA) is 68.2 Å². The first kappa shape index (κ1) is 24.9. The predicted octanol–water partition coefficient (Wildman–Crippen LogP) is 6.83. The van der Waals surface area contributed by atoms with Gasteiger partial charge in [0.05, 0.1) is 30.7 Å². The van der Waals surface area contributed by atoms with Crippen molar-refractivity contribution >= 4 is 56.9 Å². The van der Waals surface area contributed by atoms with Gasteiger partial charge in [0, 0.05) is 15.5 Å². The second-order valence-corrected chi connectivity index (χ2v) is 10.1. The summed E-state index contributed by atoms with van der Waals surface area (Å²) >= 11 is 13.1. The van der Waals surface area contributed by atoms with Gasteiger partial charge in [-0.1, -0.05) is 54.1 Å². The van der Waals surface area contributed by atoms with Crippen LogP contribution in [0, 0.1) is 20.8 Å². The molecule has 0 amide bonds. The lowest BCUT2D eigenvalue weighted by Crippen LogP contribution is -2.21. The summed E-state index contributed by atoms with van der Waals surface area (Å²) in [6.07, 6.45) is 0. The Kier molecular flexibility index (Phi) is 7.54. The molecule has 2 aromatic carbocycles. The third-order valence-corrected chi connectivity index (χ3v) is 7.11. The zero-order valence-corrected chi connectivity index (χ0v) is 22.2. The van der Waals surface area contributed by atoms with Crippen molar-refractivity contribution in [1.82, 2.24) is 9.78 Å². The Labute approximate surface area is 218 Å². The van der Waals surface area contributed by atoms with E-state index in [-0.39, 0.29) is 0 Å². The summed E-state index contributed by atoms with van der Waals surface area (Å²) in [4.78, 5) is 13.7. The van der Waals surface area contributed by atoms with E-state index >= 15 is 0 Å². The summed E-state index contributed by atoms with van der Waals surface area (Å²) in [6, 6.07) is 17.5. The number of esters is 1. The highest BCUT2D eigenvalue weighted by atomic mass is 35.5. The molecule has 0 radical (unpaired) electrons. The fourth-order valence-corrected chi connectivity index (χ4v) is 5.39. The van der Waals surface area contributed by atoms with Gasteiger partial charge in [0.1, 0.15) is 10.6 Å². The predicted molar refractivity (Wildman–Crippen MR) is 148 cm³/mol. The molecular formula is C26H25ClN4O2S2. The minimum absolute atomic E-state index is 0.369. The Bertz CT molecular complexity index is 1380. The second kappa shape index (κ2) is 10.6. The van der Waals surface area contributed by atoms with Crippen LogP contribution >= 0.6 is 35.2 Å². The molecule has 180 valence electrons. The van der Waals surface area contributed by atoms with Gasteiger partial charge in [-0.3, -0.25) is 4.68 Å². The third-order valence-electron chi connectivity index (χ3n) is 5.63. The molecule has 0 aliphatic carbocycles. The zero-order valence-electron chi connectivity index (χ0n) is 19.8. The molecule has 0 atom stereocenters. The standard InChI is InChI=1S/C26H25ClN4O2S2/c1-15-23(16(2)31(30-15)14-18-10-12-20(27)13-11-18)28-26(34)29-24-22(25(32)33-4)21(17(3)35-24)19-8-6-5-7-9-19/h5-13H,14H2,1-4H3,(H2,28,29,34). The number of methoxy groups -OCH3 is 1. The number of halogens is 1. The molecule has 0 saturated heterocycles. The number of nitrogens with zero attached hydrogens (tertiary/aromatic N) is 2. The van der Waals surface area contributed by atoms with Crippen molar-refractivity contribution in [3.63, 3.8) is 0 Å². The van der Waals surface area contributed by atoms with Crippen molar-refractivity contribution in [3.05, 3.63) is 87.0 Å². The SMILES string of the molecule is COC(=O)c1c(NC(=S)Nc2c(C)nn(Cc3ccc(Cl)cc3)c2C)sc(C)c1-c1ccccc1. The van der Waals surface area contributed by atoms with Crippen LogP contribution in [0.3, 0.4) is 0 Å². The summed E-state index contributed by atoms with van der Waals surface area (Å²) < 4.78 is 7.02. The summed E-state index contributed by atoms with van der Waals surface area (Å²) in [5.41, 5.74) is 5.95. The number of thiocarbonyl (C=S) groups is 1. The number of aromatic nitrogens is 2. The van der Waals surface area contributed by atoms with E-state index in [1.807, 2.05) is 80.1 Å². The maximum Gasteiger partial charge on any atom is 0.341 e. The monoisotopic (exact) mass is 524 g/mol. The molecule has 0 saturated carbocycles. The van der Waals surface area contributed by atoms with Crippen LogP contribution in [0.25, 0.3) is 11.1 Å². The largest absolute Gasteiger partial charge is 0.465 e. The molecule has 0 bridgehead atoms. The van der Waals surface area contributed by atoms with Crippen LogP contribution in [0.4, 0.5) is 10.7 Å². The lowest BCUT2D eigenvalue weighted by atomic mass is 10.0. The maximum absolute atomic E-state index is 12.7. The Hall–Kier alpha value is -3.20. The average molecular weight is 525 g/mol. The quantitative estimate of drug-likeness (QED) is 0.213. The van der Waals surface area contributed by atoms with E-state index in [4.69, 9.17) is 28.6 Å². The molecule has 4 rings (SSSR count). The van der Waals surface area contributed by atoms with Crippen LogP contribution in [0.1, 0.15) is 32.2 Å². The van der Waals surface area contributed by atoms with Gasteiger partial charge in [-0.25, -0.2) is 4.79 Å². The number of anilines is 2. The Morgan fingerprint density at radius 3 is 2.43 bits per heavy atom. The zero-order chi connectivity index (χ0) is 25.1. The number of aryl methyl sites for hydroxylation is 2. The molecule has 2 heterocycles. The highest BCUT2D eigenvalue weighted by Gasteiger charge is 2.25. The van der Waals surface area contributed by atoms with Crippen LogP contribution in [-0.4, -0.2) is 28.0 Å². The van der Waals surface area contributed by atoms with Gasteiger partial charge in [-0.05, 0) is 56.2 Å². The molecule has 0 spiro atoms. The van der Waals surface area contributed by atoms with Gasteiger partial charge in [0.15, 0.2) is 5.11 Å². The summed E-state index contributed by atoms with van der Waals surface area (Å²) in [7, 11) is 1.38. The van der Waals surface area contributed by atoms with Crippen molar-refractivity contribution in [2.75, 3.05) is 17.7 Å². The van der Waals surface area contributed by atoms with Gasteiger partial charge in [-0.15, -0.1) is 11.3 Å². The molecular weight excluding hydrogens is 500 g/mol. The number of thiophene rings is 1. The van der Waals surface area contributed by atoms with E-state index in [1.165, 1.54) is 18.4 Å². The highest BCUT2D eigenvalue weighted by molar-refractivity contribution is 7.80. The Morgan fingerprint density at radius 2 is 1.77 bits per heavy atom. The number of rotatable bonds is 6. The lowest BCUT2D eigenvalue weighted by molar-refractivity contribution is 0.0603. The molecule has 2 N–H and O–H groups in total. The van der Waals surface area contributed by atoms with Gasteiger partial charge < -0.3 is 15.4 Å². The van der Waals surface area contributed by atoms with Crippen LogP contribution in [-0.2, 0) is 11.3 Å². The Balaban J connectivity index is 1.58. The first-order valence-corrected chi connectivity index (χ1v) is 12.5. The first-order valence-electron chi connectivity index (χ1n) is 10.9. The number of benzene rings is 2.